The first-order valence-electron chi connectivity index (χ1n) is 7.09. The number of nitrogens with one attached hydrogen (secondary N) is 1. The van der Waals surface area contributed by atoms with Gasteiger partial charge in [-0.25, -0.2) is 0 Å². The highest BCUT2D eigenvalue weighted by Crippen LogP contribution is 2.19. The smallest absolute Gasteiger partial charge is 0.00389 e. The molecule has 2 rings (SSSR count). The molecule has 2 unspecified atom stereocenters. The van der Waals surface area contributed by atoms with Gasteiger partial charge in [-0.3, -0.25) is 0 Å². The van der Waals surface area contributed by atoms with Gasteiger partial charge in [-0.05, 0) is 62.6 Å². The maximum Gasteiger partial charge on any atom is 0.00389 e. The minimum absolute atomic E-state index is 0.732. The van der Waals surface area contributed by atoms with Gasteiger partial charge < -0.3 is 5.32 Å². The van der Waals surface area contributed by atoms with Crippen molar-refractivity contribution in [3.8, 4) is 0 Å². The fourth-order valence-electron chi connectivity index (χ4n) is 2.62. The van der Waals surface area contributed by atoms with Gasteiger partial charge in [0.25, 0.3) is 0 Å². The van der Waals surface area contributed by atoms with Crippen LogP contribution in [0.4, 0.5) is 0 Å². The largest absolute Gasteiger partial charge is 0.314 e. The summed E-state index contributed by atoms with van der Waals surface area (Å²) in [6, 6.07) is 9.89. The van der Waals surface area contributed by atoms with Crippen LogP contribution in [0, 0.1) is 5.92 Å². The molecule has 0 amide bonds. The van der Waals surface area contributed by atoms with E-state index in [4.69, 9.17) is 0 Å². The Hall–Kier alpha value is -0.820. The van der Waals surface area contributed by atoms with Gasteiger partial charge in [-0.1, -0.05) is 31.2 Å². The van der Waals surface area contributed by atoms with E-state index in [-0.39, 0.29) is 0 Å². The molecule has 1 heterocycles. The van der Waals surface area contributed by atoms with Gasteiger partial charge in [0.2, 0.25) is 0 Å². The van der Waals surface area contributed by atoms with Crippen LogP contribution in [-0.4, -0.2) is 12.6 Å². The van der Waals surface area contributed by atoms with Crippen molar-refractivity contribution in [2.24, 2.45) is 5.92 Å². The minimum Gasteiger partial charge on any atom is -0.314 e. The standard InChI is InChI=1S/C16H25N/c1-3-14-6-8-15(9-7-14)10-11-16-5-4-13(2)17-12-16/h6-9,13,16-17H,3-5,10-12H2,1-2H3. The molecule has 1 nitrogen and oxygen atoms in total. The van der Waals surface area contributed by atoms with Crippen molar-refractivity contribution in [2.45, 2.75) is 52.0 Å². The van der Waals surface area contributed by atoms with Crippen molar-refractivity contribution in [3.63, 3.8) is 0 Å². The third kappa shape index (κ3) is 3.85. The predicted octanol–water partition coefficient (Wildman–Crippen LogP) is 3.57. The fraction of sp³-hybridized carbons (Fsp3) is 0.625. The van der Waals surface area contributed by atoms with Crippen molar-refractivity contribution in [3.05, 3.63) is 35.4 Å². The van der Waals surface area contributed by atoms with E-state index in [1.165, 1.54) is 43.4 Å². The molecular weight excluding hydrogens is 206 g/mol. The van der Waals surface area contributed by atoms with Gasteiger partial charge in [0.15, 0.2) is 0 Å². The van der Waals surface area contributed by atoms with E-state index in [1.807, 2.05) is 0 Å². The van der Waals surface area contributed by atoms with E-state index in [0.29, 0.717) is 0 Å². The van der Waals surface area contributed by atoms with Crippen LogP contribution in [0.2, 0.25) is 0 Å². The summed E-state index contributed by atoms with van der Waals surface area (Å²) in [7, 11) is 0. The molecule has 17 heavy (non-hydrogen) atoms. The Balaban J connectivity index is 1.77. The van der Waals surface area contributed by atoms with Gasteiger partial charge >= 0.3 is 0 Å². The Labute approximate surface area is 106 Å². The van der Waals surface area contributed by atoms with Gasteiger partial charge in [-0.2, -0.15) is 0 Å². The number of rotatable bonds is 4. The third-order valence-corrected chi connectivity index (χ3v) is 4.04. The van der Waals surface area contributed by atoms with E-state index >= 15 is 0 Å². The average molecular weight is 231 g/mol. The van der Waals surface area contributed by atoms with E-state index in [0.717, 1.165) is 18.4 Å². The van der Waals surface area contributed by atoms with E-state index < -0.39 is 0 Å². The molecule has 0 aliphatic carbocycles. The lowest BCUT2D eigenvalue weighted by molar-refractivity contribution is 0.309. The molecule has 0 saturated carbocycles. The Morgan fingerprint density at radius 3 is 2.41 bits per heavy atom. The monoisotopic (exact) mass is 231 g/mol. The lowest BCUT2D eigenvalue weighted by Crippen LogP contribution is -2.36. The quantitative estimate of drug-likeness (QED) is 0.835. The summed E-state index contributed by atoms with van der Waals surface area (Å²) >= 11 is 0. The summed E-state index contributed by atoms with van der Waals surface area (Å²) in [6.07, 6.45) is 6.47. The third-order valence-electron chi connectivity index (χ3n) is 4.04. The Morgan fingerprint density at radius 2 is 1.82 bits per heavy atom. The molecule has 0 bridgehead atoms. The molecule has 1 N–H and O–H groups in total. The summed E-state index contributed by atoms with van der Waals surface area (Å²) in [5.41, 5.74) is 2.95. The van der Waals surface area contributed by atoms with Crippen molar-refractivity contribution in [1.82, 2.24) is 5.32 Å². The van der Waals surface area contributed by atoms with Gasteiger partial charge in [0.1, 0.15) is 0 Å². The van der Waals surface area contributed by atoms with Gasteiger partial charge in [0.05, 0.1) is 0 Å². The van der Waals surface area contributed by atoms with Crippen molar-refractivity contribution in [1.29, 1.82) is 0 Å². The van der Waals surface area contributed by atoms with E-state index in [9.17, 15) is 0 Å². The van der Waals surface area contributed by atoms with Crippen LogP contribution in [-0.2, 0) is 12.8 Å². The summed E-state index contributed by atoms with van der Waals surface area (Å²) in [6.45, 7) is 5.72. The van der Waals surface area contributed by atoms with Crippen molar-refractivity contribution < 1.29 is 0 Å². The molecule has 1 aromatic carbocycles. The molecular formula is C16H25N. The minimum atomic E-state index is 0.732. The Bertz CT molecular complexity index is 320. The normalized spacial score (nSPS) is 24.8. The maximum atomic E-state index is 3.59. The Kier molecular flexibility index (Phi) is 4.61. The second-order valence-electron chi connectivity index (χ2n) is 5.46. The first-order valence-corrected chi connectivity index (χ1v) is 7.09. The number of hydrogen-bond donors (Lipinski definition) is 1. The number of hydrogen-bond acceptors (Lipinski definition) is 1. The van der Waals surface area contributed by atoms with Crippen LogP contribution in [0.5, 0.6) is 0 Å². The molecule has 1 aliphatic rings. The second kappa shape index (κ2) is 6.20. The molecule has 2 atom stereocenters. The predicted molar refractivity (Wildman–Crippen MR) is 74.3 cm³/mol. The molecule has 94 valence electrons. The zero-order valence-electron chi connectivity index (χ0n) is 11.2. The summed E-state index contributed by atoms with van der Waals surface area (Å²) in [5.74, 6) is 0.886. The lowest BCUT2D eigenvalue weighted by atomic mass is 9.90. The topological polar surface area (TPSA) is 12.0 Å². The van der Waals surface area contributed by atoms with Crippen LogP contribution in [0.15, 0.2) is 24.3 Å². The highest BCUT2D eigenvalue weighted by Gasteiger charge is 2.16. The highest BCUT2D eigenvalue weighted by atomic mass is 14.9. The van der Waals surface area contributed by atoms with Crippen molar-refractivity contribution in [2.75, 3.05) is 6.54 Å². The molecule has 0 spiro atoms. The van der Waals surface area contributed by atoms with Gasteiger partial charge in [0, 0.05) is 6.04 Å². The zero-order chi connectivity index (χ0) is 12.1. The van der Waals surface area contributed by atoms with Crippen LogP contribution < -0.4 is 5.32 Å². The zero-order valence-corrected chi connectivity index (χ0v) is 11.2. The second-order valence-corrected chi connectivity index (χ2v) is 5.46. The molecule has 1 saturated heterocycles. The number of aryl methyl sites for hydroxylation is 2. The van der Waals surface area contributed by atoms with E-state index in [1.54, 1.807) is 0 Å². The maximum absolute atomic E-state index is 3.59. The SMILES string of the molecule is CCc1ccc(CCC2CCC(C)NC2)cc1. The summed E-state index contributed by atoms with van der Waals surface area (Å²) < 4.78 is 0. The fourth-order valence-corrected chi connectivity index (χ4v) is 2.62. The first kappa shape index (κ1) is 12.6. The Morgan fingerprint density at radius 1 is 1.12 bits per heavy atom. The average Bonchev–Trinajstić information content (AvgIpc) is 2.39. The van der Waals surface area contributed by atoms with Crippen LogP contribution in [0.25, 0.3) is 0 Å². The molecule has 1 heteroatoms. The molecule has 1 aromatic rings. The number of benzene rings is 1. The van der Waals surface area contributed by atoms with Gasteiger partial charge in [-0.15, -0.1) is 0 Å². The summed E-state index contributed by atoms with van der Waals surface area (Å²) in [4.78, 5) is 0. The molecule has 0 aromatic heterocycles. The molecule has 0 radical (unpaired) electrons. The summed E-state index contributed by atoms with van der Waals surface area (Å²) in [5, 5.41) is 3.59. The molecule has 1 fully saturated rings. The lowest BCUT2D eigenvalue weighted by Gasteiger charge is -2.27. The van der Waals surface area contributed by atoms with E-state index in [2.05, 4.69) is 43.4 Å². The molecule has 1 aliphatic heterocycles. The van der Waals surface area contributed by atoms with Crippen LogP contribution >= 0.6 is 0 Å². The number of piperidine rings is 1. The van der Waals surface area contributed by atoms with Crippen LogP contribution in [0.1, 0.15) is 44.2 Å². The first-order chi connectivity index (χ1) is 8.28. The highest BCUT2D eigenvalue weighted by molar-refractivity contribution is 5.22. The van der Waals surface area contributed by atoms with Crippen LogP contribution in [0.3, 0.4) is 0 Å². The van der Waals surface area contributed by atoms with Crippen molar-refractivity contribution >= 4 is 0 Å².